The Morgan fingerprint density at radius 1 is 1.10 bits per heavy atom. The second kappa shape index (κ2) is 5.83. The van der Waals surface area contributed by atoms with E-state index in [1.54, 1.807) is 32.2 Å². The van der Waals surface area contributed by atoms with Crippen molar-refractivity contribution in [3.8, 4) is 0 Å². The fourth-order valence-electron chi connectivity index (χ4n) is 2.06. The molecule has 0 saturated heterocycles. The number of benzene rings is 2. The maximum atomic E-state index is 12.4. The number of rotatable bonds is 4. The van der Waals surface area contributed by atoms with Gasteiger partial charge in [-0.1, -0.05) is 30.3 Å². The largest absolute Gasteiger partial charge is 0.309 e. The van der Waals surface area contributed by atoms with E-state index in [4.69, 9.17) is 0 Å². The summed E-state index contributed by atoms with van der Waals surface area (Å²) < 4.78 is 27.0. The number of fused-ring (bicyclic) bond motifs is 1. The topological polar surface area (TPSA) is 75.3 Å². The molecule has 0 bridgehead atoms. The Kier molecular flexibility index (Phi) is 4.29. The lowest BCUT2D eigenvalue weighted by atomic mass is 10.1. The van der Waals surface area contributed by atoms with Crippen LogP contribution >= 0.6 is 0 Å². The summed E-state index contributed by atoms with van der Waals surface area (Å²) in [5.74, 6) is -0.581. The molecule has 0 aromatic heterocycles. The average Bonchev–Trinajstić information content (AvgIpc) is 2.46. The van der Waals surface area contributed by atoms with Crippen LogP contribution in [0.15, 0.2) is 41.3 Å². The molecule has 0 heterocycles. The molecule has 0 radical (unpaired) electrons. The summed E-state index contributed by atoms with van der Waals surface area (Å²) in [6.07, 6.45) is 0. The number of hydrogen-bond acceptors (Lipinski definition) is 4. The van der Waals surface area contributed by atoms with Gasteiger partial charge in [0, 0.05) is 5.39 Å². The van der Waals surface area contributed by atoms with Gasteiger partial charge < -0.3 is 5.32 Å². The van der Waals surface area contributed by atoms with Gasteiger partial charge in [-0.2, -0.15) is 0 Å². The first kappa shape index (κ1) is 15.5. The van der Waals surface area contributed by atoms with Crippen LogP contribution in [0.2, 0.25) is 0 Å². The van der Waals surface area contributed by atoms with Crippen LogP contribution in [-0.2, 0) is 14.8 Å². The number of hydrogen-bond donors (Lipinski definition) is 2. The third kappa shape index (κ3) is 3.06. The molecule has 2 aromatic carbocycles. The van der Waals surface area contributed by atoms with E-state index in [1.807, 2.05) is 19.1 Å². The summed E-state index contributed by atoms with van der Waals surface area (Å²) in [6, 6.07) is 9.91. The van der Waals surface area contributed by atoms with Crippen molar-refractivity contribution in [2.24, 2.45) is 0 Å². The zero-order valence-electron chi connectivity index (χ0n) is 12.2. The van der Waals surface area contributed by atoms with Crippen LogP contribution in [0.5, 0.6) is 0 Å². The Morgan fingerprint density at radius 3 is 2.33 bits per heavy atom. The summed E-state index contributed by atoms with van der Waals surface area (Å²) >= 11 is 0. The van der Waals surface area contributed by atoms with E-state index in [0.29, 0.717) is 5.39 Å². The molecule has 1 amide bonds. The van der Waals surface area contributed by atoms with Crippen LogP contribution in [-0.4, -0.2) is 27.4 Å². The highest BCUT2D eigenvalue weighted by atomic mass is 32.2. The van der Waals surface area contributed by atoms with E-state index in [0.717, 1.165) is 10.9 Å². The smallest absolute Gasteiger partial charge is 0.264 e. The van der Waals surface area contributed by atoms with E-state index >= 15 is 0 Å². The number of carbonyl (C=O) groups excluding carboxylic acids is 1. The van der Waals surface area contributed by atoms with E-state index in [-0.39, 0.29) is 4.90 Å². The summed E-state index contributed by atoms with van der Waals surface area (Å²) in [7, 11) is -2.30. The molecule has 5 nitrogen and oxygen atoms in total. The van der Waals surface area contributed by atoms with Crippen molar-refractivity contribution in [2.45, 2.75) is 24.8 Å². The molecule has 0 aliphatic rings. The first-order valence-electron chi connectivity index (χ1n) is 6.59. The van der Waals surface area contributed by atoms with Crippen LogP contribution in [0.4, 0.5) is 0 Å². The maximum absolute atomic E-state index is 12.4. The monoisotopic (exact) mass is 306 g/mol. The molecular formula is C15H18N2O3S. The lowest BCUT2D eigenvalue weighted by Gasteiger charge is -2.13. The van der Waals surface area contributed by atoms with Gasteiger partial charge in [0.1, 0.15) is 0 Å². The number of nitrogens with one attached hydrogen (secondary N) is 2. The molecule has 0 unspecified atom stereocenters. The van der Waals surface area contributed by atoms with Gasteiger partial charge in [0.15, 0.2) is 0 Å². The van der Waals surface area contributed by atoms with E-state index < -0.39 is 22.0 Å². The molecule has 0 aliphatic heterocycles. The fourth-order valence-corrected chi connectivity index (χ4v) is 3.33. The molecule has 0 spiro atoms. The van der Waals surface area contributed by atoms with Crippen molar-refractivity contribution in [2.75, 3.05) is 7.05 Å². The minimum absolute atomic E-state index is 0.111. The highest BCUT2D eigenvalue weighted by Crippen LogP contribution is 2.25. The second-order valence-corrected chi connectivity index (χ2v) is 6.56. The molecule has 6 heteroatoms. The van der Waals surface area contributed by atoms with Crippen LogP contribution in [0.1, 0.15) is 12.5 Å². The fraction of sp³-hybridized carbons (Fsp3) is 0.267. The lowest BCUT2D eigenvalue weighted by molar-refractivity contribution is -0.120. The van der Waals surface area contributed by atoms with Gasteiger partial charge in [-0.15, -0.1) is 0 Å². The predicted octanol–water partition coefficient (Wildman–Crippen LogP) is 1.56. The van der Waals surface area contributed by atoms with Crippen LogP contribution in [0, 0.1) is 6.92 Å². The first-order valence-corrected chi connectivity index (χ1v) is 8.07. The van der Waals surface area contributed by atoms with Crippen molar-refractivity contribution in [1.29, 1.82) is 0 Å². The standard InChI is InChI=1S/C15H18N2O3S/c1-10-8-9-14(13-7-5-4-6-12(10)13)21(19,20)17-15(18)11(2)16-3/h4-9,11,16H,1-3H3,(H,17,18)/t11-/m0/s1. The zero-order valence-corrected chi connectivity index (χ0v) is 13.0. The minimum atomic E-state index is -3.90. The Hall–Kier alpha value is -1.92. The highest BCUT2D eigenvalue weighted by Gasteiger charge is 2.22. The Labute approximate surface area is 124 Å². The van der Waals surface area contributed by atoms with Gasteiger partial charge >= 0.3 is 0 Å². The van der Waals surface area contributed by atoms with Crippen LogP contribution < -0.4 is 10.0 Å². The van der Waals surface area contributed by atoms with E-state index in [9.17, 15) is 13.2 Å². The number of amides is 1. The van der Waals surface area contributed by atoms with Gasteiger partial charge in [0.25, 0.3) is 15.9 Å². The highest BCUT2D eigenvalue weighted by molar-refractivity contribution is 7.90. The third-order valence-corrected chi connectivity index (χ3v) is 4.86. The summed E-state index contributed by atoms with van der Waals surface area (Å²) in [5.41, 5.74) is 0.986. The van der Waals surface area contributed by atoms with Gasteiger partial charge in [-0.3, -0.25) is 4.79 Å². The number of carbonyl (C=O) groups is 1. The van der Waals surface area contributed by atoms with Crippen molar-refractivity contribution in [1.82, 2.24) is 10.0 Å². The minimum Gasteiger partial charge on any atom is -0.309 e. The van der Waals surface area contributed by atoms with Crippen molar-refractivity contribution in [3.63, 3.8) is 0 Å². The molecule has 112 valence electrons. The Bertz CT molecular complexity index is 785. The van der Waals surface area contributed by atoms with Crippen molar-refractivity contribution in [3.05, 3.63) is 42.0 Å². The average molecular weight is 306 g/mol. The maximum Gasteiger partial charge on any atom is 0.264 e. The molecule has 2 N–H and O–H groups in total. The normalized spacial score (nSPS) is 13.1. The van der Waals surface area contributed by atoms with Crippen LogP contribution in [0.25, 0.3) is 10.8 Å². The predicted molar refractivity (Wildman–Crippen MR) is 82.5 cm³/mol. The summed E-state index contributed by atoms with van der Waals surface area (Å²) in [5, 5.41) is 4.17. The molecular weight excluding hydrogens is 288 g/mol. The molecule has 0 aliphatic carbocycles. The van der Waals surface area contributed by atoms with E-state index in [1.165, 1.54) is 6.07 Å². The molecule has 0 fully saturated rings. The molecule has 2 aromatic rings. The second-order valence-electron chi connectivity index (χ2n) is 4.91. The molecule has 21 heavy (non-hydrogen) atoms. The van der Waals surface area contributed by atoms with Gasteiger partial charge in [0.05, 0.1) is 10.9 Å². The van der Waals surface area contributed by atoms with Crippen LogP contribution in [0.3, 0.4) is 0 Å². The Balaban J connectivity index is 2.51. The number of likely N-dealkylation sites (N-methyl/N-ethyl adjacent to an activating group) is 1. The van der Waals surface area contributed by atoms with Crippen molar-refractivity contribution < 1.29 is 13.2 Å². The summed E-state index contributed by atoms with van der Waals surface area (Å²) in [6.45, 7) is 3.51. The lowest BCUT2D eigenvalue weighted by Crippen LogP contribution is -2.43. The number of aryl methyl sites for hydroxylation is 1. The number of sulfonamides is 1. The first-order chi connectivity index (χ1) is 9.86. The SMILES string of the molecule is CN[C@@H](C)C(=O)NS(=O)(=O)c1ccc(C)c2ccccc12. The van der Waals surface area contributed by atoms with Gasteiger partial charge in [-0.05, 0) is 37.9 Å². The van der Waals surface area contributed by atoms with E-state index in [2.05, 4.69) is 10.0 Å². The van der Waals surface area contributed by atoms with Crippen molar-refractivity contribution >= 4 is 26.7 Å². The molecule has 2 rings (SSSR count). The summed E-state index contributed by atoms with van der Waals surface area (Å²) in [4.78, 5) is 11.9. The third-order valence-electron chi connectivity index (χ3n) is 3.45. The quantitative estimate of drug-likeness (QED) is 0.899. The van der Waals surface area contributed by atoms with Gasteiger partial charge in [-0.25, -0.2) is 13.1 Å². The zero-order chi connectivity index (χ0) is 15.6. The van der Waals surface area contributed by atoms with Gasteiger partial charge in [0.2, 0.25) is 0 Å². The molecule has 0 saturated carbocycles. The molecule has 1 atom stereocenters. The Morgan fingerprint density at radius 2 is 1.71 bits per heavy atom.